The maximum Gasteiger partial charge on any atom is 0.203 e. The van der Waals surface area contributed by atoms with Gasteiger partial charge in [0.15, 0.2) is 22.9 Å². The van der Waals surface area contributed by atoms with Crippen LogP contribution in [0.5, 0.6) is 17.2 Å². The fourth-order valence-electron chi connectivity index (χ4n) is 2.90. The molecule has 7 nitrogen and oxygen atoms in total. The standard InChI is InChI=1S/C19H19N3O4S/c1-24-15-7-11(8-23)16(18(26-3)17(15)25-2)12-6-10(4-5-13(12)20)14-9-27-19(21)22-14/h4-9H,20H2,1-3H3,(H2,21,22). The molecule has 0 radical (unpaired) electrons. The third-order valence-electron chi connectivity index (χ3n) is 4.13. The highest BCUT2D eigenvalue weighted by Gasteiger charge is 2.23. The van der Waals surface area contributed by atoms with Crippen LogP contribution in [0.2, 0.25) is 0 Å². The first-order valence-electron chi connectivity index (χ1n) is 7.93. The third-order valence-corrected chi connectivity index (χ3v) is 4.80. The number of methoxy groups -OCH3 is 3. The van der Waals surface area contributed by atoms with Crippen LogP contribution in [0.3, 0.4) is 0 Å². The van der Waals surface area contributed by atoms with Crippen LogP contribution in [-0.2, 0) is 0 Å². The number of aldehydes is 1. The van der Waals surface area contributed by atoms with Crippen molar-refractivity contribution in [2.24, 2.45) is 0 Å². The normalized spacial score (nSPS) is 10.5. The molecular weight excluding hydrogens is 366 g/mol. The Bertz CT molecular complexity index is 1000. The zero-order valence-electron chi connectivity index (χ0n) is 15.1. The van der Waals surface area contributed by atoms with Crippen molar-refractivity contribution in [2.45, 2.75) is 0 Å². The first kappa shape index (κ1) is 18.5. The van der Waals surface area contributed by atoms with Gasteiger partial charge in [-0.25, -0.2) is 4.98 Å². The molecular formula is C19H19N3O4S. The van der Waals surface area contributed by atoms with Crippen molar-refractivity contribution in [1.82, 2.24) is 4.98 Å². The summed E-state index contributed by atoms with van der Waals surface area (Å²) in [5, 5.41) is 2.33. The number of thiazole rings is 1. The highest BCUT2D eigenvalue weighted by molar-refractivity contribution is 7.13. The average Bonchev–Trinajstić information content (AvgIpc) is 3.12. The second-order valence-electron chi connectivity index (χ2n) is 5.60. The van der Waals surface area contributed by atoms with E-state index in [-0.39, 0.29) is 0 Å². The minimum absolute atomic E-state index is 0.362. The van der Waals surface area contributed by atoms with Crippen LogP contribution in [0, 0.1) is 0 Å². The molecule has 0 saturated heterocycles. The summed E-state index contributed by atoms with van der Waals surface area (Å²) in [6, 6.07) is 7.04. The molecule has 0 atom stereocenters. The van der Waals surface area contributed by atoms with Crippen LogP contribution in [-0.4, -0.2) is 32.6 Å². The van der Waals surface area contributed by atoms with Gasteiger partial charge in [-0.1, -0.05) is 6.07 Å². The van der Waals surface area contributed by atoms with Gasteiger partial charge in [0.1, 0.15) is 0 Å². The number of ether oxygens (including phenoxy) is 3. The molecule has 1 aromatic heterocycles. The van der Waals surface area contributed by atoms with Crippen LogP contribution >= 0.6 is 11.3 Å². The average molecular weight is 385 g/mol. The van der Waals surface area contributed by atoms with Gasteiger partial charge in [0.25, 0.3) is 0 Å². The Morgan fingerprint density at radius 1 is 1.04 bits per heavy atom. The molecule has 2 aromatic carbocycles. The Balaban J connectivity index is 2.31. The van der Waals surface area contributed by atoms with Crippen LogP contribution in [0.4, 0.5) is 10.8 Å². The first-order valence-corrected chi connectivity index (χ1v) is 8.81. The third kappa shape index (κ3) is 3.26. The number of hydrogen-bond acceptors (Lipinski definition) is 8. The molecule has 0 fully saturated rings. The fraction of sp³-hybridized carbons (Fsp3) is 0.158. The molecule has 140 valence electrons. The Morgan fingerprint density at radius 3 is 2.33 bits per heavy atom. The Labute approximate surface area is 160 Å². The summed E-state index contributed by atoms with van der Waals surface area (Å²) in [7, 11) is 4.49. The number of hydrogen-bond donors (Lipinski definition) is 2. The fourth-order valence-corrected chi connectivity index (χ4v) is 3.47. The largest absolute Gasteiger partial charge is 0.493 e. The van der Waals surface area contributed by atoms with E-state index >= 15 is 0 Å². The van der Waals surface area contributed by atoms with Crippen molar-refractivity contribution in [3.63, 3.8) is 0 Å². The second kappa shape index (κ2) is 7.55. The lowest BCUT2D eigenvalue weighted by molar-refractivity contribution is 0.112. The van der Waals surface area contributed by atoms with E-state index in [4.69, 9.17) is 25.7 Å². The zero-order chi connectivity index (χ0) is 19.6. The highest BCUT2D eigenvalue weighted by atomic mass is 32.1. The van der Waals surface area contributed by atoms with Gasteiger partial charge in [-0.2, -0.15) is 0 Å². The second-order valence-corrected chi connectivity index (χ2v) is 6.49. The van der Waals surface area contributed by atoms with Crippen molar-refractivity contribution >= 4 is 28.4 Å². The highest BCUT2D eigenvalue weighted by Crippen LogP contribution is 2.48. The topological polar surface area (TPSA) is 110 Å². The number of nitrogen functional groups attached to an aromatic ring is 2. The predicted molar refractivity (Wildman–Crippen MR) is 107 cm³/mol. The number of benzene rings is 2. The van der Waals surface area contributed by atoms with Crippen molar-refractivity contribution in [2.75, 3.05) is 32.8 Å². The molecule has 0 aliphatic rings. The molecule has 3 aromatic rings. The number of carbonyl (C=O) groups is 1. The number of aromatic nitrogens is 1. The van der Waals surface area contributed by atoms with E-state index < -0.39 is 0 Å². The van der Waals surface area contributed by atoms with E-state index in [0.29, 0.717) is 44.8 Å². The molecule has 0 unspecified atom stereocenters. The summed E-state index contributed by atoms with van der Waals surface area (Å²) in [6.07, 6.45) is 0.729. The molecule has 0 saturated carbocycles. The molecule has 0 amide bonds. The summed E-state index contributed by atoms with van der Waals surface area (Å²) >= 11 is 1.35. The summed E-state index contributed by atoms with van der Waals surface area (Å²) < 4.78 is 16.3. The zero-order valence-corrected chi connectivity index (χ0v) is 15.9. The number of anilines is 2. The van der Waals surface area contributed by atoms with Gasteiger partial charge < -0.3 is 25.7 Å². The number of rotatable bonds is 6. The lowest BCUT2D eigenvalue weighted by atomic mass is 9.94. The molecule has 1 heterocycles. The molecule has 0 spiro atoms. The Kier molecular flexibility index (Phi) is 5.18. The lowest BCUT2D eigenvalue weighted by Gasteiger charge is -2.19. The summed E-state index contributed by atoms with van der Waals surface area (Å²) in [6.45, 7) is 0. The van der Waals surface area contributed by atoms with E-state index in [1.807, 2.05) is 17.5 Å². The van der Waals surface area contributed by atoms with Crippen LogP contribution < -0.4 is 25.7 Å². The lowest BCUT2D eigenvalue weighted by Crippen LogP contribution is -2.02. The van der Waals surface area contributed by atoms with Gasteiger partial charge in [-0.15, -0.1) is 11.3 Å². The minimum Gasteiger partial charge on any atom is -0.493 e. The van der Waals surface area contributed by atoms with Crippen molar-refractivity contribution in [1.29, 1.82) is 0 Å². The molecule has 4 N–H and O–H groups in total. The van der Waals surface area contributed by atoms with E-state index in [9.17, 15) is 4.79 Å². The van der Waals surface area contributed by atoms with E-state index in [1.165, 1.54) is 32.7 Å². The maximum atomic E-state index is 11.8. The molecule has 0 aliphatic carbocycles. The smallest absolute Gasteiger partial charge is 0.203 e. The van der Waals surface area contributed by atoms with Crippen molar-refractivity contribution < 1.29 is 19.0 Å². The molecule has 0 aliphatic heterocycles. The number of carbonyl (C=O) groups excluding carboxylic acids is 1. The molecule has 3 rings (SSSR count). The number of nitrogens with two attached hydrogens (primary N) is 2. The van der Waals surface area contributed by atoms with Gasteiger partial charge in [0, 0.05) is 33.3 Å². The van der Waals surface area contributed by atoms with Crippen LogP contribution in [0.15, 0.2) is 29.6 Å². The molecule has 8 heteroatoms. The first-order chi connectivity index (χ1) is 13.0. The van der Waals surface area contributed by atoms with Crippen molar-refractivity contribution in [3.8, 4) is 39.6 Å². The van der Waals surface area contributed by atoms with Crippen molar-refractivity contribution in [3.05, 3.63) is 35.2 Å². The Morgan fingerprint density at radius 2 is 1.78 bits per heavy atom. The van der Waals surface area contributed by atoms with Gasteiger partial charge >= 0.3 is 0 Å². The molecule has 0 bridgehead atoms. The van der Waals surface area contributed by atoms with Gasteiger partial charge in [-0.3, -0.25) is 4.79 Å². The van der Waals surface area contributed by atoms with E-state index in [1.54, 1.807) is 12.1 Å². The summed E-state index contributed by atoms with van der Waals surface area (Å²) in [5.41, 5.74) is 15.5. The quantitative estimate of drug-likeness (QED) is 0.494. The maximum absolute atomic E-state index is 11.8. The monoisotopic (exact) mass is 385 g/mol. The summed E-state index contributed by atoms with van der Waals surface area (Å²) in [4.78, 5) is 16.1. The molecule has 27 heavy (non-hydrogen) atoms. The van der Waals surface area contributed by atoms with E-state index in [0.717, 1.165) is 17.5 Å². The van der Waals surface area contributed by atoms with Gasteiger partial charge in [-0.05, 0) is 18.2 Å². The van der Waals surface area contributed by atoms with Gasteiger partial charge in [0.05, 0.1) is 27.0 Å². The minimum atomic E-state index is 0.362. The van der Waals surface area contributed by atoms with E-state index in [2.05, 4.69) is 4.98 Å². The number of nitrogens with zero attached hydrogens (tertiary/aromatic N) is 1. The SMILES string of the molecule is COc1cc(C=O)c(-c2cc(-c3csc(N)n3)ccc2N)c(OC)c1OC. The predicted octanol–water partition coefficient (Wildman–Crippen LogP) is 3.48. The van der Waals surface area contributed by atoms with Crippen LogP contribution in [0.25, 0.3) is 22.4 Å². The summed E-state index contributed by atoms with van der Waals surface area (Å²) in [5.74, 6) is 1.13. The Hall–Kier alpha value is -3.26. The van der Waals surface area contributed by atoms with Gasteiger partial charge in [0.2, 0.25) is 5.75 Å². The van der Waals surface area contributed by atoms with Crippen LogP contribution in [0.1, 0.15) is 10.4 Å².